The van der Waals surface area contributed by atoms with Crippen LogP contribution in [0, 0.1) is 5.79 Å². The Hall–Kier alpha value is 0.102. The topological polar surface area (TPSA) is 0 Å². The fraction of sp³-hybridized carbons (Fsp3) is 0.125. The molecule has 1 aromatic carbocycles. The molecule has 2 heteroatoms. The van der Waals surface area contributed by atoms with Gasteiger partial charge in [-0.25, -0.2) is 0 Å². The van der Waals surface area contributed by atoms with Crippen LogP contribution in [0.15, 0.2) is 30.3 Å². The predicted molar refractivity (Wildman–Crippen MR) is 45.3 cm³/mol. The van der Waals surface area contributed by atoms with E-state index in [0.29, 0.717) is 0 Å². The van der Waals surface area contributed by atoms with Gasteiger partial charge < -0.3 is 0 Å². The maximum atomic E-state index is 5.41. The fourth-order valence-corrected chi connectivity index (χ4v) is 0.990. The Morgan fingerprint density at radius 3 is 2.00 bits per heavy atom. The van der Waals surface area contributed by atoms with E-state index in [-0.39, 0.29) is 15.2 Å². The summed E-state index contributed by atoms with van der Waals surface area (Å²) in [6, 6.07) is 10.1. The molecule has 2 radical (unpaired) electrons. The predicted octanol–water partition coefficient (Wildman–Crippen LogP) is 1.61. The van der Waals surface area contributed by atoms with Crippen LogP contribution in [0.3, 0.4) is 0 Å². The van der Waals surface area contributed by atoms with E-state index in [1.54, 1.807) is 6.26 Å². The first-order chi connectivity index (χ1) is 4.93. The second-order valence-electron chi connectivity index (χ2n) is 1.43. The molecule has 0 bridgehead atoms. The quantitative estimate of drug-likeness (QED) is 0.639. The zero-order chi connectivity index (χ0) is 7.82. The van der Waals surface area contributed by atoms with Gasteiger partial charge in [0.2, 0.25) is 0 Å². The Morgan fingerprint density at radius 2 is 1.70 bits per heavy atom. The van der Waals surface area contributed by atoms with E-state index in [1.807, 2.05) is 30.3 Å². The summed E-state index contributed by atoms with van der Waals surface area (Å²) in [6.45, 7) is 0. The van der Waals surface area contributed by atoms with Gasteiger partial charge in [-0.3, -0.25) is 0 Å². The first-order valence-corrected chi connectivity index (χ1v) is 5.07. The molecule has 0 nitrogen and oxygen atoms in total. The van der Waals surface area contributed by atoms with Crippen molar-refractivity contribution >= 4 is 17.1 Å². The Kier molecular flexibility index (Phi) is 7.29. The first kappa shape index (κ1) is 10.1. The number of benzene rings is 1. The average Bonchev–Trinajstić information content (AvgIpc) is 2.10. The van der Waals surface area contributed by atoms with Crippen LogP contribution in [0.1, 0.15) is 0 Å². The van der Waals surface area contributed by atoms with Crippen molar-refractivity contribution in [3.05, 3.63) is 36.1 Å². The van der Waals surface area contributed by atoms with Gasteiger partial charge in [-0.05, 0) is 6.26 Å². The van der Waals surface area contributed by atoms with Crippen molar-refractivity contribution in [2.45, 2.75) is 0 Å². The third-order valence-electron chi connectivity index (χ3n) is 0.879. The molecule has 0 heterocycles. The van der Waals surface area contributed by atoms with Crippen LogP contribution in [0.25, 0.3) is 0 Å². The van der Waals surface area contributed by atoms with Gasteiger partial charge in [0.05, 0.1) is 0 Å². The maximum absolute atomic E-state index is 5.41. The second kappa shape index (κ2) is 7.21. The molecule has 54 valence electrons. The minimum atomic E-state index is 0.168. The summed E-state index contributed by atoms with van der Waals surface area (Å²) in [7, 11) is 0. The van der Waals surface area contributed by atoms with Gasteiger partial charge in [-0.1, -0.05) is 0 Å². The van der Waals surface area contributed by atoms with E-state index in [0.717, 1.165) is 0 Å². The summed E-state index contributed by atoms with van der Waals surface area (Å²) in [6.07, 6.45) is 1.69. The zero-order valence-electron chi connectivity index (χ0n) is 5.82. The van der Waals surface area contributed by atoms with Crippen molar-refractivity contribution in [3.8, 4) is 0 Å². The molecule has 0 aliphatic rings. The number of hydrogen-bond acceptors (Lipinski definition) is 1. The van der Waals surface area contributed by atoms with E-state index in [9.17, 15) is 0 Å². The van der Waals surface area contributed by atoms with Crippen molar-refractivity contribution in [1.29, 1.82) is 0 Å². The molecular formula is C8H10CrS. The molecular weight excluding hydrogens is 180 g/mol. The Balaban J connectivity index is 0.000000371. The van der Waals surface area contributed by atoms with E-state index in [1.165, 1.54) is 4.43 Å². The van der Waals surface area contributed by atoms with E-state index in [2.05, 4.69) is 12.6 Å². The number of hydrogen-bond donors (Lipinski definition) is 1. The van der Waals surface area contributed by atoms with Crippen LogP contribution in [-0.2, 0) is 15.2 Å². The Morgan fingerprint density at radius 1 is 1.20 bits per heavy atom. The molecule has 0 aliphatic carbocycles. The van der Waals surface area contributed by atoms with Gasteiger partial charge >= 0.3 is 55.8 Å². The third kappa shape index (κ3) is 4.00. The van der Waals surface area contributed by atoms with Crippen molar-refractivity contribution in [2.75, 3.05) is 6.26 Å². The van der Waals surface area contributed by atoms with Crippen LogP contribution < -0.4 is 4.43 Å². The summed E-state index contributed by atoms with van der Waals surface area (Å²) < 4.78 is 1.25. The molecule has 0 N–H and O–H groups in total. The second-order valence-corrected chi connectivity index (χ2v) is 2.54. The molecule has 1 aromatic rings. The summed E-state index contributed by atoms with van der Waals surface area (Å²) in [5.41, 5.74) is 0. The van der Waals surface area contributed by atoms with Gasteiger partial charge in [0.15, 0.2) is 0 Å². The average molecular weight is 190 g/mol. The van der Waals surface area contributed by atoms with Crippen LogP contribution in [0.2, 0.25) is 0 Å². The molecule has 0 saturated carbocycles. The van der Waals surface area contributed by atoms with Crippen molar-refractivity contribution < 1.29 is 15.2 Å². The first-order valence-electron chi connectivity index (χ1n) is 2.80. The summed E-state index contributed by atoms with van der Waals surface area (Å²) in [4.78, 5) is 0. The SMILES string of the molecule is CS.[CH][Cr][c]1ccccc1. The van der Waals surface area contributed by atoms with Gasteiger partial charge in [-0.15, -0.1) is 0 Å². The van der Waals surface area contributed by atoms with Crippen molar-refractivity contribution in [2.24, 2.45) is 0 Å². The van der Waals surface area contributed by atoms with E-state index in [4.69, 9.17) is 5.79 Å². The molecule has 0 aliphatic heterocycles. The molecule has 1 rings (SSSR count). The van der Waals surface area contributed by atoms with Gasteiger partial charge in [-0.2, -0.15) is 12.6 Å². The van der Waals surface area contributed by atoms with Crippen LogP contribution in [0.4, 0.5) is 0 Å². The normalized spacial score (nSPS) is 7.90. The zero-order valence-corrected chi connectivity index (χ0v) is 7.99. The van der Waals surface area contributed by atoms with Gasteiger partial charge in [0.25, 0.3) is 0 Å². The standard InChI is InChI=1S/C6H5.CH4S.CH.Cr/c1-2-4-6-5-3-1;1-2;;/h1-5H;2H,1H3;1H;. The van der Waals surface area contributed by atoms with Crippen LogP contribution in [0.5, 0.6) is 0 Å². The molecule has 0 spiro atoms. The van der Waals surface area contributed by atoms with E-state index < -0.39 is 0 Å². The fourth-order valence-electron chi connectivity index (χ4n) is 0.499. The molecule has 0 aromatic heterocycles. The number of rotatable bonds is 1. The summed E-state index contributed by atoms with van der Waals surface area (Å²) in [5.74, 6) is 5.41. The molecule has 0 fully saturated rings. The Bertz CT molecular complexity index is 151. The monoisotopic (exact) mass is 190 g/mol. The van der Waals surface area contributed by atoms with Crippen molar-refractivity contribution in [1.82, 2.24) is 0 Å². The summed E-state index contributed by atoms with van der Waals surface area (Å²) in [5, 5.41) is 0. The van der Waals surface area contributed by atoms with E-state index >= 15 is 0 Å². The Labute approximate surface area is 74.8 Å². The molecule has 0 unspecified atom stereocenters. The molecule has 0 amide bonds. The molecule has 0 atom stereocenters. The number of thiol groups is 1. The molecule has 0 saturated heterocycles. The van der Waals surface area contributed by atoms with Gasteiger partial charge in [0.1, 0.15) is 0 Å². The van der Waals surface area contributed by atoms with Crippen LogP contribution >= 0.6 is 12.6 Å². The van der Waals surface area contributed by atoms with Gasteiger partial charge in [0, 0.05) is 0 Å². The molecule has 10 heavy (non-hydrogen) atoms. The summed E-state index contributed by atoms with van der Waals surface area (Å²) >= 11 is 3.70. The van der Waals surface area contributed by atoms with Crippen molar-refractivity contribution in [3.63, 3.8) is 0 Å². The third-order valence-corrected chi connectivity index (χ3v) is 1.73. The van der Waals surface area contributed by atoms with Crippen LogP contribution in [-0.4, -0.2) is 6.26 Å². The minimum absolute atomic E-state index is 0.168.